The van der Waals surface area contributed by atoms with Gasteiger partial charge in [-0.1, -0.05) is 29.3 Å². The molecule has 0 radical (unpaired) electrons. The van der Waals surface area contributed by atoms with Crippen molar-refractivity contribution in [3.8, 4) is 0 Å². The molecule has 8 heteroatoms. The van der Waals surface area contributed by atoms with Gasteiger partial charge in [-0.3, -0.25) is 4.79 Å². The van der Waals surface area contributed by atoms with Crippen LogP contribution in [0.25, 0.3) is 0 Å². The van der Waals surface area contributed by atoms with E-state index in [9.17, 15) is 9.59 Å². The van der Waals surface area contributed by atoms with Gasteiger partial charge in [0.25, 0.3) is 0 Å². The summed E-state index contributed by atoms with van der Waals surface area (Å²) in [5.74, 6) is 1.10. The fraction of sp³-hybridized carbons (Fsp3) is 0.250. The number of rotatable bonds is 6. The number of anilines is 1. The summed E-state index contributed by atoms with van der Waals surface area (Å²) in [4.78, 5) is 23.5. The maximum atomic E-state index is 12.0. The number of hydrogen-bond donors (Lipinski definition) is 1. The number of esters is 1. The van der Waals surface area contributed by atoms with E-state index in [0.717, 1.165) is 0 Å². The van der Waals surface area contributed by atoms with Gasteiger partial charge in [0.2, 0.25) is 5.91 Å². The number of furan rings is 1. The first-order valence-electron chi connectivity index (χ1n) is 6.91. The lowest BCUT2D eigenvalue weighted by molar-refractivity contribution is -0.113. The summed E-state index contributed by atoms with van der Waals surface area (Å²) in [5, 5.41) is 3.39. The van der Waals surface area contributed by atoms with Gasteiger partial charge in [0.15, 0.2) is 0 Å². The molecule has 0 atom stereocenters. The summed E-state index contributed by atoms with van der Waals surface area (Å²) in [6, 6.07) is 6.65. The molecule has 1 amide bonds. The third-order valence-corrected chi connectivity index (χ3v) is 4.85. The van der Waals surface area contributed by atoms with Gasteiger partial charge in [-0.2, -0.15) is 0 Å². The number of thioether (sulfide) groups is 1. The molecule has 0 spiro atoms. The number of halogens is 2. The van der Waals surface area contributed by atoms with Crippen molar-refractivity contribution in [1.82, 2.24) is 0 Å². The number of methoxy groups -OCH3 is 1. The monoisotopic (exact) mass is 387 g/mol. The maximum absolute atomic E-state index is 12.0. The fourth-order valence-electron chi connectivity index (χ4n) is 1.96. The number of carbonyl (C=O) groups excluding carboxylic acids is 2. The average molecular weight is 388 g/mol. The highest BCUT2D eigenvalue weighted by molar-refractivity contribution is 7.99. The second-order valence-electron chi connectivity index (χ2n) is 4.82. The number of benzene rings is 1. The molecule has 0 aliphatic heterocycles. The third kappa shape index (κ3) is 4.69. The first-order valence-corrected chi connectivity index (χ1v) is 8.82. The Balaban J connectivity index is 1.87. The van der Waals surface area contributed by atoms with E-state index in [4.69, 9.17) is 27.6 Å². The van der Waals surface area contributed by atoms with E-state index in [2.05, 4.69) is 10.1 Å². The van der Waals surface area contributed by atoms with E-state index in [1.54, 1.807) is 31.2 Å². The van der Waals surface area contributed by atoms with Crippen LogP contribution in [0.2, 0.25) is 10.0 Å². The molecule has 2 rings (SSSR count). The molecule has 0 aliphatic carbocycles. The summed E-state index contributed by atoms with van der Waals surface area (Å²) in [7, 11) is 1.31. The third-order valence-electron chi connectivity index (χ3n) is 3.08. The van der Waals surface area contributed by atoms with Crippen LogP contribution in [-0.4, -0.2) is 24.7 Å². The normalized spacial score (nSPS) is 10.5. The van der Waals surface area contributed by atoms with Gasteiger partial charge in [0.05, 0.1) is 34.3 Å². The number of nitrogens with one attached hydrogen (secondary N) is 1. The molecule has 0 saturated heterocycles. The van der Waals surface area contributed by atoms with Gasteiger partial charge >= 0.3 is 5.97 Å². The minimum atomic E-state index is -0.444. The Bertz CT molecular complexity index is 761. The van der Waals surface area contributed by atoms with Crippen LogP contribution in [0.5, 0.6) is 0 Å². The number of carbonyl (C=O) groups is 2. The minimum absolute atomic E-state index is 0.205. The highest BCUT2D eigenvalue weighted by atomic mass is 35.5. The van der Waals surface area contributed by atoms with E-state index < -0.39 is 5.97 Å². The van der Waals surface area contributed by atoms with Gasteiger partial charge in [0.1, 0.15) is 17.1 Å². The van der Waals surface area contributed by atoms with Crippen LogP contribution in [-0.2, 0) is 15.3 Å². The van der Waals surface area contributed by atoms with Gasteiger partial charge in [-0.05, 0) is 25.1 Å². The summed E-state index contributed by atoms with van der Waals surface area (Å²) in [5.41, 5.74) is 0.861. The fourth-order valence-corrected chi connectivity index (χ4v) is 3.01. The van der Waals surface area contributed by atoms with Crippen molar-refractivity contribution in [1.29, 1.82) is 0 Å². The molecule has 0 bridgehead atoms. The quantitative estimate of drug-likeness (QED) is 0.736. The van der Waals surface area contributed by atoms with E-state index in [0.29, 0.717) is 38.6 Å². The van der Waals surface area contributed by atoms with Crippen LogP contribution in [0.15, 0.2) is 28.7 Å². The zero-order chi connectivity index (χ0) is 17.7. The van der Waals surface area contributed by atoms with E-state index in [1.165, 1.54) is 18.9 Å². The molecule has 0 saturated carbocycles. The maximum Gasteiger partial charge on any atom is 0.341 e. The van der Waals surface area contributed by atoms with Crippen molar-refractivity contribution in [3.63, 3.8) is 0 Å². The molecule has 128 valence electrons. The van der Waals surface area contributed by atoms with Crippen LogP contribution < -0.4 is 5.32 Å². The van der Waals surface area contributed by atoms with Crippen molar-refractivity contribution < 1.29 is 18.7 Å². The summed E-state index contributed by atoms with van der Waals surface area (Å²) >= 11 is 13.3. The smallest absolute Gasteiger partial charge is 0.341 e. The highest BCUT2D eigenvalue weighted by Crippen LogP contribution is 2.29. The van der Waals surface area contributed by atoms with E-state index in [-0.39, 0.29) is 11.7 Å². The number of hydrogen-bond acceptors (Lipinski definition) is 5. The van der Waals surface area contributed by atoms with Crippen LogP contribution >= 0.6 is 35.0 Å². The molecule has 24 heavy (non-hydrogen) atoms. The largest absolute Gasteiger partial charge is 0.465 e. The predicted molar refractivity (Wildman–Crippen MR) is 96.0 cm³/mol. The lowest BCUT2D eigenvalue weighted by Crippen LogP contribution is -2.14. The van der Waals surface area contributed by atoms with Gasteiger partial charge < -0.3 is 14.5 Å². The van der Waals surface area contributed by atoms with Gasteiger partial charge in [-0.15, -0.1) is 11.8 Å². The first-order chi connectivity index (χ1) is 11.4. The first kappa shape index (κ1) is 18.7. The Morgan fingerprint density at radius 3 is 2.79 bits per heavy atom. The molecular weight excluding hydrogens is 373 g/mol. The number of ether oxygens (including phenoxy) is 1. The molecular formula is C16H15Cl2NO4S. The van der Waals surface area contributed by atoms with Crippen molar-refractivity contribution in [3.05, 3.63) is 51.4 Å². The highest BCUT2D eigenvalue weighted by Gasteiger charge is 2.15. The summed E-state index contributed by atoms with van der Waals surface area (Å²) in [6.07, 6.45) is 0. The van der Waals surface area contributed by atoms with Crippen LogP contribution in [0, 0.1) is 6.92 Å². The second-order valence-corrected chi connectivity index (χ2v) is 6.59. The lowest BCUT2D eigenvalue weighted by Gasteiger charge is -2.07. The van der Waals surface area contributed by atoms with E-state index in [1.807, 2.05) is 0 Å². The molecule has 1 aromatic heterocycles. The summed E-state index contributed by atoms with van der Waals surface area (Å²) in [6.45, 7) is 1.69. The Kier molecular flexibility index (Phi) is 6.60. The molecule has 1 aromatic carbocycles. The topological polar surface area (TPSA) is 68.5 Å². The standard InChI is InChI=1S/C16H15Cl2NO4S/c1-9-11(16(21)22-2)6-10(23-9)7-24-8-14(20)19-13-5-3-4-12(17)15(13)18/h3-6H,7-8H2,1-2H3,(H,19,20). The average Bonchev–Trinajstić information content (AvgIpc) is 2.92. The second kappa shape index (κ2) is 8.46. The predicted octanol–water partition coefficient (Wildman–Crippen LogP) is 4.55. The van der Waals surface area contributed by atoms with Crippen molar-refractivity contribution in [2.45, 2.75) is 12.7 Å². The molecule has 0 aliphatic rings. The number of amides is 1. The van der Waals surface area contributed by atoms with Crippen molar-refractivity contribution in [2.75, 3.05) is 18.2 Å². The Morgan fingerprint density at radius 2 is 2.08 bits per heavy atom. The molecule has 5 nitrogen and oxygen atoms in total. The zero-order valence-electron chi connectivity index (χ0n) is 13.0. The van der Waals surface area contributed by atoms with Crippen LogP contribution in [0.1, 0.15) is 21.9 Å². The Labute approximate surface area is 153 Å². The lowest BCUT2D eigenvalue weighted by atomic mass is 10.2. The summed E-state index contributed by atoms with van der Waals surface area (Å²) < 4.78 is 10.1. The Hall–Kier alpha value is -1.63. The van der Waals surface area contributed by atoms with Crippen LogP contribution in [0.4, 0.5) is 5.69 Å². The number of aryl methyl sites for hydroxylation is 1. The molecule has 0 fully saturated rings. The minimum Gasteiger partial charge on any atom is -0.465 e. The van der Waals surface area contributed by atoms with Gasteiger partial charge in [-0.25, -0.2) is 4.79 Å². The van der Waals surface area contributed by atoms with Gasteiger partial charge in [0, 0.05) is 0 Å². The zero-order valence-corrected chi connectivity index (χ0v) is 15.3. The van der Waals surface area contributed by atoms with E-state index >= 15 is 0 Å². The SMILES string of the molecule is COC(=O)c1cc(CSCC(=O)Nc2cccc(Cl)c2Cl)oc1C. The van der Waals surface area contributed by atoms with Crippen molar-refractivity contribution in [2.24, 2.45) is 0 Å². The molecule has 1 heterocycles. The molecule has 2 aromatic rings. The van der Waals surface area contributed by atoms with Crippen LogP contribution in [0.3, 0.4) is 0 Å². The Morgan fingerprint density at radius 1 is 1.33 bits per heavy atom. The molecule has 0 unspecified atom stereocenters. The molecule has 1 N–H and O–H groups in total. The van der Waals surface area contributed by atoms with Crippen molar-refractivity contribution >= 4 is 52.5 Å².